The molecule has 6 nitrogen and oxygen atoms in total. The molecule has 0 radical (unpaired) electrons. The molecule has 0 saturated heterocycles. The summed E-state index contributed by atoms with van der Waals surface area (Å²) in [5, 5.41) is 12.9. The summed E-state index contributed by atoms with van der Waals surface area (Å²) in [7, 11) is 0. The Balaban J connectivity index is 1.60. The van der Waals surface area contributed by atoms with Crippen molar-refractivity contribution in [2.75, 3.05) is 18.5 Å². The van der Waals surface area contributed by atoms with Gasteiger partial charge in [-0.2, -0.15) is 0 Å². The maximum absolute atomic E-state index is 12.1. The molecule has 0 bridgehead atoms. The highest BCUT2D eigenvalue weighted by molar-refractivity contribution is 6.35. The van der Waals surface area contributed by atoms with Crippen LogP contribution >= 0.6 is 23.2 Å². The number of benzene rings is 2. The summed E-state index contributed by atoms with van der Waals surface area (Å²) in [5.41, 5.74) is 1.60. The zero-order chi connectivity index (χ0) is 19.4. The molecule has 0 saturated carbocycles. The van der Waals surface area contributed by atoms with E-state index in [0.29, 0.717) is 21.5 Å². The number of anilines is 1. The molecule has 2 aromatic carbocycles. The summed E-state index contributed by atoms with van der Waals surface area (Å²) < 4.78 is 5.70. The van der Waals surface area contributed by atoms with Gasteiger partial charge in [0.2, 0.25) is 0 Å². The number of nitrogens with zero attached hydrogens (tertiary/aromatic N) is 1. The lowest BCUT2D eigenvalue weighted by molar-refractivity contribution is -0.137. The first-order valence-electron chi connectivity index (χ1n) is 8.10. The SMILES string of the molecule is O=C1C=C(Nc2ccc(OCc3ccc(Cl)cc3Cl)cc2)C(=O)N1CCO. The van der Waals surface area contributed by atoms with Gasteiger partial charge in [-0.05, 0) is 36.4 Å². The lowest BCUT2D eigenvalue weighted by Crippen LogP contribution is -2.34. The lowest BCUT2D eigenvalue weighted by Gasteiger charge is -2.13. The molecule has 2 amide bonds. The average Bonchev–Trinajstić information content (AvgIpc) is 2.90. The van der Waals surface area contributed by atoms with E-state index in [4.69, 9.17) is 33.0 Å². The van der Waals surface area contributed by atoms with Crippen LogP contribution in [0.1, 0.15) is 5.56 Å². The molecule has 27 heavy (non-hydrogen) atoms. The third kappa shape index (κ3) is 4.60. The number of β-amino-alcohol motifs (C(OH)–C–C–N with tert-alkyl or cyclic N) is 1. The number of halogens is 2. The van der Waals surface area contributed by atoms with Crippen molar-refractivity contribution in [1.82, 2.24) is 4.90 Å². The number of aliphatic hydroxyl groups is 1. The van der Waals surface area contributed by atoms with Crippen LogP contribution in [0, 0.1) is 0 Å². The molecular formula is C19H16Cl2N2O4. The zero-order valence-corrected chi connectivity index (χ0v) is 15.6. The minimum atomic E-state index is -0.466. The molecule has 0 spiro atoms. The molecule has 1 aliphatic heterocycles. The first-order valence-corrected chi connectivity index (χ1v) is 8.85. The van der Waals surface area contributed by atoms with Gasteiger partial charge in [0, 0.05) is 27.4 Å². The van der Waals surface area contributed by atoms with E-state index in [1.54, 1.807) is 42.5 Å². The minimum absolute atomic E-state index is 0.0284. The number of carbonyl (C=O) groups excluding carboxylic acids is 2. The van der Waals surface area contributed by atoms with Crippen molar-refractivity contribution in [3.63, 3.8) is 0 Å². The zero-order valence-electron chi connectivity index (χ0n) is 14.1. The quantitative estimate of drug-likeness (QED) is 0.690. The highest BCUT2D eigenvalue weighted by Crippen LogP contribution is 2.24. The van der Waals surface area contributed by atoms with Crippen molar-refractivity contribution in [1.29, 1.82) is 0 Å². The van der Waals surface area contributed by atoms with Crippen molar-refractivity contribution >= 4 is 40.7 Å². The van der Waals surface area contributed by atoms with Crippen molar-refractivity contribution in [2.24, 2.45) is 0 Å². The Kier molecular flexibility index (Phi) is 6.01. The summed E-state index contributed by atoms with van der Waals surface area (Å²) in [6.07, 6.45) is 1.21. The van der Waals surface area contributed by atoms with Gasteiger partial charge in [-0.3, -0.25) is 14.5 Å². The molecule has 8 heteroatoms. The van der Waals surface area contributed by atoms with Crippen LogP contribution in [0.2, 0.25) is 10.0 Å². The van der Waals surface area contributed by atoms with Crippen LogP contribution in [0.15, 0.2) is 54.2 Å². The maximum Gasteiger partial charge on any atom is 0.277 e. The highest BCUT2D eigenvalue weighted by atomic mass is 35.5. The van der Waals surface area contributed by atoms with Crippen molar-refractivity contribution in [3.05, 3.63) is 69.8 Å². The van der Waals surface area contributed by atoms with E-state index in [-0.39, 0.29) is 25.5 Å². The van der Waals surface area contributed by atoms with Crippen molar-refractivity contribution in [3.8, 4) is 5.75 Å². The Morgan fingerprint density at radius 2 is 1.81 bits per heavy atom. The highest BCUT2D eigenvalue weighted by Gasteiger charge is 2.30. The number of carbonyl (C=O) groups is 2. The standard InChI is InChI=1S/C19H16Cl2N2O4/c20-13-2-1-12(16(21)9-13)11-27-15-5-3-14(4-6-15)22-17-10-18(25)23(7-8-24)19(17)26/h1-6,9-10,22,24H,7-8,11H2. The van der Waals surface area contributed by atoms with Gasteiger partial charge in [0.05, 0.1) is 13.2 Å². The molecule has 0 aromatic heterocycles. The van der Waals surface area contributed by atoms with E-state index in [9.17, 15) is 9.59 Å². The van der Waals surface area contributed by atoms with Gasteiger partial charge >= 0.3 is 0 Å². The van der Waals surface area contributed by atoms with Crippen LogP contribution in [0.3, 0.4) is 0 Å². The Morgan fingerprint density at radius 1 is 1.07 bits per heavy atom. The fraction of sp³-hybridized carbons (Fsp3) is 0.158. The van der Waals surface area contributed by atoms with E-state index < -0.39 is 11.8 Å². The average molecular weight is 407 g/mol. The lowest BCUT2D eigenvalue weighted by atomic mass is 10.2. The summed E-state index contributed by atoms with van der Waals surface area (Å²) in [5.74, 6) is -0.292. The third-order valence-corrected chi connectivity index (χ3v) is 4.46. The van der Waals surface area contributed by atoms with Crippen molar-refractivity contribution < 1.29 is 19.4 Å². The van der Waals surface area contributed by atoms with Crippen LogP contribution in [0.5, 0.6) is 5.75 Å². The molecule has 0 aliphatic carbocycles. The third-order valence-electron chi connectivity index (χ3n) is 3.88. The van der Waals surface area contributed by atoms with E-state index in [1.807, 2.05) is 0 Å². The second-order valence-electron chi connectivity index (χ2n) is 5.75. The second kappa shape index (κ2) is 8.43. The van der Waals surface area contributed by atoms with E-state index in [1.165, 1.54) is 6.08 Å². The molecule has 0 unspecified atom stereocenters. The van der Waals surface area contributed by atoms with Gasteiger partial charge in [-0.25, -0.2) is 0 Å². The first-order chi connectivity index (χ1) is 13.0. The van der Waals surface area contributed by atoms with Gasteiger partial charge in [0.1, 0.15) is 18.1 Å². The number of aliphatic hydroxyl groups excluding tert-OH is 1. The van der Waals surface area contributed by atoms with Gasteiger partial charge in [-0.1, -0.05) is 29.3 Å². The fourth-order valence-corrected chi connectivity index (χ4v) is 2.96. The molecule has 2 N–H and O–H groups in total. The topological polar surface area (TPSA) is 78.9 Å². The molecule has 1 aliphatic rings. The Morgan fingerprint density at radius 3 is 2.48 bits per heavy atom. The normalized spacial score (nSPS) is 13.7. The number of hydrogen-bond acceptors (Lipinski definition) is 5. The van der Waals surface area contributed by atoms with Crippen molar-refractivity contribution in [2.45, 2.75) is 6.61 Å². The fourth-order valence-electron chi connectivity index (χ4n) is 2.50. The second-order valence-corrected chi connectivity index (χ2v) is 6.59. The molecule has 3 rings (SSSR count). The first kappa shape index (κ1) is 19.2. The Hall–Kier alpha value is -2.54. The minimum Gasteiger partial charge on any atom is -0.489 e. The molecule has 140 valence electrons. The molecule has 2 aromatic rings. The molecular weight excluding hydrogens is 391 g/mol. The van der Waals surface area contributed by atoms with E-state index in [0.717, 1.165) is 10.5 Å². The van der Waals surface area contributed by atoms with E-state index in [2.05, 4.69) is 5.32 Å². The van der Waals surface area contributed by atoms with Gasteiger partial charge in [0.25, 0.3) is 11.8 Å². The van der Waals surface area contributed by atoms with Gasteiger partial charge < -0.3 is 15.2 Å². The van der Waals surface area contributed by atoms with Crippen LogP contribution in [0.25, 0.3) is 0 Å². The number of ether oxygens (including phenoxy) is 1. The number of rotatable bonds is 7. The summed E-state index contributed by atoms with van der Waals surface area (Å²) in [4.78, 5) is 24.8. The summed E-state index contributed by atoms with van der Waals surface area (Å²) in [6, 6.07) is 12.1. The Bertz CT molecular complexity index is 897. The predicted octanol–water partition coefficient (Wildman–Crippen LogP) is 3.23. The monoisotopic (exact) mass is 406 g/mol. The number of amides is 2. The maximum atomic E-state index is 12.1. The van der Waals surface area contributed by atoms with Gasteiger partial charge in [0.15, 0.2) is 0 Å². The van der Waals surface area contributed by atoms with Crippen LogP contribution < -0.4 is 10.1 Å². The van der Waals surface area contributed by atoms with Crippen LogP contribution in [0.4, 0.5) is 5.69 Å². The molecule has 0 atom stereocenters. The largest absolute Gasteiger partial charge is 0.489 e. The van der Waals surface area contributed by atoms with Crippen LogP contribution in [-0.2, 0) is 16.2 Å². The predicted molar refractivity (Wildman–Crippen MR) is 103 cm³/mol. The smallest absolute Gasteiger partial charge is 0.277 e. The molecule has 1 heterocycles. The van der Waals surface area contributed by atoms with Crippen LogP contribution in [-0.4, -0.2) is 35.0 Å². The molecule has 0 fully saturated rings. The number of nitrogens with one attached hydrogen (secondary N) is 1. The summed E-state index contributed by atoms with van der Waals surface area (Å²) >= 11 is 12.0. The van der Waals surface area contributed by atoms with Gasteiger partial charge in [-0.15, -0.1) is 0 Å². The number of hydrogen-bond donors (Lipinski definition) is 2. The Labute approximate surface area is 165 Å². The number of imide groups is 1. The van der Waals surface area contributed by atoms with E-state index >= 15 is 0 Å². The summed E-state index contributed by atoms with van der Waals surface area (Å²) in [6.45, 7) is -0.0152.